The molecule has 0 radical (unpaired) electrons. The van der Waals surface area contributed by atoms with Crippen molar-refractivity contribution in [2.75, 3.05) is 6.61 Å². The first-order valence-corrected chi connectivity index (χ1v) is 12.1. The van der Waals surface area contributed by atoms with E-state index in [4.69, 9.17) is 21.3 Å². The molecule has 0 aliphatic rings. The Kier molecular flexibility index (Phi) is 7.86. The van der Waals surface area contributed by atoms with E-state index in [0.717, 1.165) is 53.1 Å². The second kappa shape index (κ2) is 11.2. The Balaban J connectivity index is 1.39. The number of carbonyl (C=O) groups is 1. The molecule has 176 valence electrons. The molecule has 0 bridgehead atoms. The highest BCUT2D eigenvalue weighted by Crippen LogP contribution is 2.22. The van der Waals surface area contributed by atoms with Crippen LogP contribution in [0.1, 0.15) is 42.8 Å². The summed E-state index contributed by atoms with van der Waals surface area (Å²) < 4.78 is 8.04. The number of halogens is 1. The van der Waals surface area contributed by atoms with Crippen LogP contribution < -0.4 is 10.1 Å². The van der Waals surface area contributed by atoms with Crippen molar-refractivity contribution in [3.05, 3.63) is 94.8 Å². The SMILES string of the molecule is Cc1ccccc1CC(=O)NC(C)c1nc2ccccc2n1CCCCOc1ccc(Cl)cc1. The maximum absolute atomic E-state index is 12.8. The minimum Gasteiger partial charge on any atom is -0.494 e. The molecular weight excluding hydrogens is 446 g/mol. The van der Waals surface area contributed by atoms with Crippen molar-refractivity contribution in [2.45, 2.75) is 45.7 Å². The van der Waals surface area contributed by atoms with Crippen molar-refractivity contribution in [3.8, 4) is 5.75 Å². The Labute approximate surface area is 205 Å². The molecule has 0 fully saturated rings. The standard InChI is InChI=1S/C28H30ClN3O2/c1-20-9-3-4-10-22(20)19-27(33)30-21(2)28-31-25-11-5-6-12-26(25)32(28)17-7-8-18-34-24-15-13-23(29)14-16-24/h3-6,9-16,21H,7-8,17-19H2,1-2H3,(H,30,33). The molecule has 0 aliphatic carbocycles. The number of amides is 1. The first kappa shape index (κ1) is 23.8. The van der Waals surface area contributed by atoms with E-state index in [1.807, 2.05) is 80.6 Å². The summed E-state index contributed by atoms with van der Waals surface area (Å²) in [5.74, 6) is 1.69. The largest absolute Gasteiger partial charge is 0.494 e. The molecule has 3 aromatic carbocycles. The van der Waals surface area contributed by atoms with Crippen molar-refractivity contribution >= 4 is 28.5 Å². The third-order valence-corrected chi connectivity index (χ3v) is 6.17. The molecule has 1 amide bonds. The smallest absolute Gasteiger partial charge is 0.225 e. The van der Waals surface area contributed by atoms with E-state index < -0.39 is 0 Å². The maximum Gasteiger partial charge on any atom is 0.225 e. The fourth-order valence-corrected chi connectivity index (χ4v) is 4.22. The minimum atomic E-state index is -0.200. The van der Waals surface area contributed by atoms with E-state index >= 15 is 0 Å². The lowest BCUT2D eigenvalue weighted by atomic mass is 10.1. The topological polar surface area (TPSA) is 56.2 Å². The molecule has 6 heteroatoms. The molecule has 1 unspecified atom stereocenters. The predicted molar refractivity (Wildman–Crippen MR) is 137 cm³/mol. The third kappa shape index (κ3) is 5.97. The average molecular weight is 476 g/mol. The number of nitrogens with one attached hydrogen (secondary N) is 1. The molecular formula is C28H30ClN3O2. The molecule has 0 saturated carbocycles. The second-order valence-corrected chi connectivity index (χ2v) is 8.95. The lowest BCUT2D eigenvalue weighted by Gasteiger charge is -2.17. The normalized spacial score (nSPS) is 12.0. The monoisotopic (exact) mass is 475 g/mol. The number of ether oxygens (including phenoxy) is 1. The van der Waals surface area contributed by atoms with Gasteiger partial charge in [0.15, 0.2) is 0 Å². The lowest BCUT2D eigenvalue weighted by molar-refractivity contribution is -0.121. The number of unbranched alkanes of at least 4 members (excludes halogenated alkanes) is 1. The van der Waals surface area contributed by atoms with Gasteiger partial charge in [-0.15, -0.1) is 0 Å². The third-order valence-electron chi connectivity index (χ3n) is 5.92. The van der Waals surface area contributed by atoms with Gasteiger partial charge in [0.1, 0.15) is 11.6 Å². The molecule has 1 N–H and O–H groups in total. The molecule has 1 atom stereocenters. The maximum atomic E-state index is 12.8. The second-order valence-electron chi connectivity index (χ2n) is 8.51. The van der Waals surface area contributed by atoms with E-state index in [2.05, 4.69) is 16.0 Å². The van der Waals surface area contributed by atoms with Gasteiger partial charge >= 0.3 is 0 Å². The Morgan fingerprint density at radius 3 is 2.56 bits per heavy atom. The van der Waals surface area contributed by atoms with Crippen molar-refractivity contribution in [1.29, 1.82) is 0 Å². The fourth-order valence-electron chi connectivity index (χ4n) is 4.09. The molecule has 5 nitrogen and oxygen atoms in total. The van der Waals surface area contributed by atoms with Crippen LogP contribution in [-0.2, 0) is 17.8 Å². The number of aromatic nitrogens is 2. The van der Waals surface area contributed by atoms with Crippen LogP contribution in [0, 0.1) is 6.92 Å². The molecule has 34 heavy (non-hydrogen) atoms. The minimum absolute atomic E-state index is 0.00299. The van der Waals surface area contributed by atoms with E-state index in [0.29, 0.717) is 18.1 Å². The molecule has 1 heterocycles. The number of rotatable bonds is 10. The van der Waals surface area contributed by atoms with Crippen molar-refractivity contribution in [3.63, 3.8) is 0 Å². The van der Waals surface area contributed by atoms with Crippen LogP contribution in [0.5, 0.6) is 5.75 Å². The Morgan fingerprint density at radius 2 is 1.76 bits per heavy atom. The summed E-state index contributed by atoms with van der Waals surface area (Å²) >= 11 is 5.93. The summed E-state index contributed by atoms with van der Waals surface area (Å²) in [6, 6.07) is 23.3. The van der Waals surface area contributed by atoms with Gasteiger partial charge in [0, 0.05) is 11.6 Å². The van der Waals surface area contributed by atoms with E-state index in [1.54, 1.807) is 0 Å². The van der Waals surface area contributed by atoms with Crippen LogP contribution in [0.4, 0.5) is 0 Å². The fraction of sp³-hybridized carbons (Fsp3) is 0.286. The van der Waals surface area contributed by atoms with Gasteiger partial charge in [0.2, 0.25) is 5.91 Å². The number of nitrogens with zero attached hydrogens (tertiary/aromatic N) is 2. The predicted octanol–water partition coefficient (Wildman–Crippen LogP) is 6.28. The van der Waals surface area contributed by atoms with E-state index in [1.165, 1.54) is 0 Å². The van der Waals surface area contributed by atoms with Crippen molar-refractivity contribution < 1.29 is 9.53 Å². The van der Waals surface area contributed by atoms with Crippen LogP contribution in [0.3, 0.4) is 0 Å². The number of benzene rings is 3. The first-order valence-electron chi connectivity index (χ1n) is 11.7. The number of hydrogen-bond acceptors (Lipinski definition) is 3. The summed E-state index contributed by atoms with van der Waals surface area (Å²) in [7, 11) is 0. The van der Waals surface area contributed by atoms with Gasteiger partial charge in [0.25, 0.3) is 0 Å². The Hall–Kier alpha value is -3.31. The summed E-state index contributed by atoms with van der Waals surface area (Å²) in [6.07, 6.45) is 2.20. The van der Waals surface area contributed by atoms with Crippen molar-refractivity contribution in [2.24, 2.45) is 0 Å². The van der Waals surface area contributed by atoms with Crippen LogP contribution in [0.25, 0.3) is 11.0 Å². The molecule has 0 saturated heterocycles. The molecule has 4 rings (SSSR count). The van der Waals surface area contributed by atoms with Crippen LogP contribution in [-0.4, -0.2) is 22.1 Å². The zero-order valence-corrected chi connectivity index (χ0v) is 20.4. The molecule has 0 aliphatic heterocycles. The number of imidazole rings is 1. The van der Waals surface area contributed by atoms with Crippen molar-refractivity contribution in [1.82, 2.24) is 14.9 Å². The van der Waals surface area contributed by atoms with E-state index in [9.17, 15) is 4.79 Å². The first-order chi connectivity index (χ1) is 16.5. The van der Waals surface area contributed by atoms with Crippen LogP contribution >= 0.6 is 11.6 Å². The van der Waals surface area contributed by atoms with Gasteiger partial charge < -0.3 is 14.6 Å². The molecule has 4 aromatic rings. The quantitative estimate of drug-likeness (QED) is 0.275. The van der Waals surface area contributed by atoms with E-state index in [-0.39, 0.29) is 11.9 Å². The average Bonchev–Trinajstić information content (AvgIpc) is 3.20. The highest BCUT2D eigenvalue weighted by Gasteiger charge is 2.18. The summed E-state index contributed by atoms with van der Waals surface area (Å²) in [4.78, 5) is 17.6. The molecule has 0 spiro atoms. The van der Waals surface area contributed by atoms with Gasteiger partial charge in [0.05, 0.1) is 30.1 Å². The number of aryl methyl sites for hydroxylation is 2. The number of para-hydroxylation sites is 2. The van der Waals surface area contributed by atoms with Gasteiger partial charge in [-0.25, -0.2) is 4.98 Å². The summed E-state index contributed by atoms with van der Waals surface area (Å²) in [6.45, 7) is 5.46. The van der Waals surface area contributed by atoms with Gasteiger partial charge in [-0.2, -0.15) is 0 Å². The summed E-state index contributed by atoms with van der Waals surface area (Å²) in [5.41, 5.74) is 4.19. The van der Waals surface area contributed by atoms with Gasteiger partial charge in [-0.1, -0.05) is 48.0 Å². The van der Waals surface area contributed by atoms with Gasteiger partial charge in [-0.3, -0.25) is 4.79 Å². The summed E-state index contributed by atoms with van der Waals surface area (Å²) in [5, 5.41) is 3.84. The number of carbonyl (C=O) groups excluding carboxylic acids is 1. The zero-order chi connectivity index (χ0) is 23.9. The Bertz CT molecular complexity index is 1250. The van der Waals surface area contributed by atoms with Gasteiger partial charge in [-0.05, 0) is 74.2 Å². The number of hydrogen-bond donors (Lipinski definition) is 1. The highest BCUT2D eigenvalue weighted by molar-refractivity contribution is 6.30. The van der Waals surface area contributed by atoms with Crippen LogP contribution in [0.2, 0.25) is 5.02 Å². The zero-order valence-electron chi connectivity index (χ0n) is 19.6. The molecule has 1 aromatic heterocycles. The van der Waals surface area contributed by atoms with Crippen LogP contribution in [0.15, 0.2) is 72.8 Å². The highest BCUT2D eigenvalue weighted by atomic mass is 35.5. The number of fused-ring (bicyclic) bond motifs is 1. The lowest BCUT2D eigenvalue weighted by Crippen LogP contribution is -2.30. The Morgan fingerprint density at radius 1 is 1.03 bits per heavy atom.